The third kappa shape index (κ3) is 2.91. The smallest absolute Gasteiger partial charge is 0.453 e. The molecule has 7 nitrogen and oxygen atoms in total. The van der Waals surface area contributed by atoms with Gasteiger partial charge < -0.3 is 9.73 Å². The first-order valence-electron chi connectivity index (χ1n) is 8.92. The maximum Gasteiger partial charge on any atom is 0.453 e. The van der Waals surface area contributed by atoms with Gasteiger partial charge in [0, 0.05) is 36.0 Å². The summed E-state index contributed by atoms with van der Waals surface area (Å²) in [6.45, 7) is 0. The van der Waals surface area contributed by atoms with E-state index in [1.807, 2.05) is 0 Å². The van der Waals surface area contributed by atoms with E-state index in [2.05, 4.69) is 20.4 Å². The van der Waals surface area contributed by atoms with Gasteiger partial charge in [0.2, 0.25) is 5.95 Å². The number of rotatable bonds is 2. The zero-order chi connectivity index (χ0) is 20.2. The Kier molecular flexibility index (Phi) is 3.83. The van der Waals surface area contributed by atoms with Crippen LogP contribution in [0.3, 0.4) is 0 Å². The molecule has 5 rings (SSSR count). The predicted octanol–water partition coefficient (Wildman–Crippen LogP) is 3.70. The molecular formula is C19H14F3N5O2. The van der Waals surface area contributed by atoms with Crippen LogP contribution in [0.1, 0.15) is 41.9 Å². The monoisotopic (exact) mass is 401 g/mol. The molecule has 0 aromatic carbocycles. The summed E-state index contributed by atoms with van der Waals surface area (Å²) in [7, 11) is 0. The molecule has 1 aliphatic heterocycles. The SMILES string of the molecule is O=C1C[C@H](c2ccco2)CC2=C1[C@H](c1cccnc1)n1nc(C(F)(F)F)nc1N2. The van der Waals surface area contributed by atoms with Gasteiger partial charge in [0.25, 0.3) is 5.82 Å². The number of fused-ring (bicyclic) bond motifs is 1. The van der Waals surface area contributed by atoms with Crippen molar-refractivity contribution >= 4 is 11.7 Å². The summed E-state index contributed by atoms with van der Waals surface area (Å²) in [5.41, 5.74) is 1.48. The molecule has 0 radical (unpaired) electrons. The topological polar surface area (TPSA) is 85.8 Å². The molecule has 3 aromatic rings. The summed E-state index contributed by atoms with van der Waals surface area (Å²) in [6, 6.07) is 6.07. The number of pyridine rings is 1. The van der Waals surface area contributed by atoms with Crippen molar-refractivity contribution in [3.63, 3.8) is 0 Å². The minimum Gasteiger partial charge on any atom is -0.469 e. The number of hydrogen-bond acceptors (Lipinski definition) is 6. The van der Waals surface area contributed by atoms with Gasteiger partial charge in [-0.05, 0) is 30.2 Å². The van der Waals surface area contributed by atoms with E-state index in [-0.39, 0.29) is 24.1 Å². The molecule has 148 valence electrons. The lowest BCUT2D eigenvalue weighted by molar-refractivity contribution is -0.145. The van der Waals surface area contributed by atoms with Crippen molar-refractivity contribution in [1.82, 2.24) is 19.7 Å². The van der Waals surface area contributed by atoms with Gasteiger partial charge in [-0.2, -0.15) is 18.2 Å². The molecule has 0 spiro atoms. The van der Waals surface area contributed by atoms with Crippen LogP contribution in [0.25, 0.3) is 0 Å². The van der Waals surface area contributed by atoms with Crippen molar-refractivity contribution in [3.05, 3.63) is 71.3 Å². The second-order valence-corrected chi connectivity index (χ2v) is 6.95. The number of furan rings is 1. The second-order valence-electron chi connectivity index (χ2n) is 6.95. The summed E-state index contributed by atoms with van der Waals surface area (Å²) in [4.78, 5) is 20.8. The van der Waals surface area contributed by atoms with Gasteiger partial charge in [-0.3, -0.25) is 9.78 Å². The Morgan fingerprint density at radius 1 is 1.21 bits per heavy atom. The van der Waals surface area contributed by atoms with Crippen molar-refractivity contribution in [2.24, 2.45) is 0 Å². The van der Waals surface area contributed by atoms with Crippen molar-refractivity contribution in [3.8, 4) is 0 Å². The largest absolute Gasteiger partial charge is 0.469 e. The molecule has 4 heterocycles. The van der Waals surface area contributed by atoms with Gasteiger partial charge in [-0.1, -0.05) is 6.07 Å². The predicted molar refractivity (Wildman–Crippen MR) is 93.7 cm³/mol. The Labute approximate surface area is 162 Å². The molecule has 1 N–H and O–H groups in total. The van der Waals surface area contributed by atoms with Crippen LogP contribution in [0.2, 0.25) is 0 Å². The van der Waals surface area contributed by atoms with E-state index >= 15 is 0 Å². The Balaban J connectivity index is 1.64. The van der Waals surface area contributed by atoms with Gasteiger partial charge in [-0.25, -0.2) is 4.68 Å². The highest BCUT2D eigenvalue weighted by atomic mass is 19.4. The number of ketones is 1. The maximum absolute atomic E-state index is 13.2. The summed E-state index contributed by atoms with van der Waals surface area (Å²) < 4.78 is 46.2. The molecule has 0 saturated heterocycles. The van der Waals surface area contributed by atoms with Crippen LogP contribution < -0.4 is 5.32 Å². The molecule has 0 unspecified atom stereocenters. The fraction of sp³-hybridized carbons (Fsp3) is 0.263. The first-order chi connectivity index (χ1) is 13.9. The van der Waals surface area contributed by atoms with E-state index in [1.54, 1.807) is 30.5 Å². The van der Waals surface area contributed by atoms with Crippen LogP contribution >= 0.6 is 0 Å². The summed E-state index contributed by atoms with van der Waals surface area (Å²) in [6.07, 6.45) is 0.514. The second kappa shape index (κ2) is 6.29. The average Bonchev–Trinajstić information content (AvgIpc) is 3.36. The third-order valence-corrected chi connectivity index (χ3v) is 5.12. The highest BCUT2D eigenvalue weighted by Gasteiger charge is 2.43. The highest BCUT2D eigenvalue weighted by molar-refractivity contribution is 6.00. The number of allylic oxidation sites excluding steroid dienone is 2. The molecule has 0 bridgehead atoms. The van der Waals surface area contributed by atoms with E-state index in [0.29, 0.717) is 29.0 Å². The van der Waals surface area contributed by atoms with Gasteiger partial charge in [-0.15, -0.1) is 5.10 Å². The quantitative estimate of drug-likeness (QED) is 0.705. The number of halogens is 3. The standard InChI is InChI=1S/C19H14F3N5O2/c20-19(21,22)17-25-18-24-12-7-11(14-4-2-6-29-14)8-13(28)15(12)16(27(18)26-17)10-3-1-5-23-9-10/h1-6,9,11,16H,7-8H2,(H,24,25,26)/t11-,16+/m1/s1. The number of nitrogens with one attached hydrogen (secondary N) is 1. The van der Waals surface area contributed by atoms with Gasteiger partial charge in [0.1, 0.15) is 11.8 Å². The Morgan fingerprint density at radius 3 is 2.76 bits per heavy atom. The molecular weight excluding hydrogens is 387 g/mol. The normalized spacial score (nSPS) is 21.6. The summed E-state index contributed by atoms with van der Waals surface area (Å²) in [5.74, 6) is -1.03. The molecule has 0 saturated carbocycles. The lowest BCUT2D eigenvalue weighted by Crippen LogP contribution is -2.33. The number of hydrogen-bond donors (Lipinski definition) is 1. The average molecular weight is 401 g/mol. The third-order valence-electron chi connectivity index (χ3n) is 5.12. The highest BCUT2D eigenvalue weighted by Crippen LogP contribution is 2.44. The molecule has 1 aliphatic carbocycles. The van der Waals surface area contributed by atoms with Crippen molar-refractivity contribution in [1.29, 1.82) is 0 Å². The number of Topliss-reactive ketones (excluding diaryl/α,β-unsaturated/α-hetero) is 1. The van der Waals surface area contributed by atoms with Crippen LogP contribution in [-0.4, -0.2) is 25.5 Å². The van der Waals surface area contributed by atoms with Crippen LogP contribution in [0.4, 0.5) is 19.1 Å². The zero-order valence-electron chi connectivity index (χ0n) is 14.8. The Hall–Kier alpha value is -3.43. The number of carbonyl (C=O) groups is 1. The van der Waals surface area contributed by atoms with E-state index in [4.69, 9.17) is 4.42 Å². The van der Waals surface area contributed by atoms with Crippen LogP contribution in [0, 0.1) is 0 Å². The first kappa shape index (κ1) is 17.7. The van der Waals surface area contributed by atoms with Crippen molar-refractivity contribution < 1.29 is 22.4 Å². The van der Waals surface area contributed by atoms with Crippen LogP contribution in [-0.2, 0) is 11.0 Å². The lowest BCUT2D eigenvalue weighted by Gasteiger charge is -2.34. The maximum atomic E-state index is 13.2. The Morgan fingerprint density at radius 2 is 2.07 bits per heavy atom. The number of anilines is 1. The van der Waals surface area contributed by atoms with Crippen molar-refractivity contribution in [2.45, 2.75) is 31.0 Å². The fourth-order valence-corrected chi connectivity index (χ4v) is 3.90. The van der Waals surface area contributed by atoms with Gasteiger partial charge >= 0.3 is 6.18 Å². The number of alkyl halides is 3. The molecule has 10 heteroatoms. The van der Waals surface area contributed by atoms with Crippen molar-refractivity contribution in [2.75, 3.05) is 5.32 Å². The molecule has 2 aliphatic rings. The molecule has 3 aromatic heterocycles. The minimum absolute atomic E-state index is 0.0576. The molecule has 2 atom stereocenters. The number of carbonyl (C=O) groups excluding carboxylic acids is 1. The van der Waals surface area contributed by atoms with E-state index in [9.17, 15) is 18.0 Å². The first-order valence-corrected chi connectivity index (χ1v) is 8.92. The van der Waals surface area contributed by atoms with Gasteiger partial charge in [0.15, 0.2) is 5.78 Å². The van der Waals surface area contributed by atoms with E-state index < -0.39 is 18.0 Å². The van der Waals surface area contributed by atoms with Gasteiger partial charge in [0.05, 0.1) is 6.26 Å². The summed E-state index contributed by atoms with van der Waals surface area (Å²) >= 11 is 0. The fourth-order valence-electron chi connectivity index (χ4n) is 3.90. The lowest BCUT2D eigenvalue weighted by atomic mass is 9.80. The molecule has 0 fully saturated rings. The zero-order valence-corrected chi connectivity index (χ0v) is 14.8. The van der Waals surface area contributed by atoms with E-state index in [0.717, 1.165) is 4.68 Å². The summed E-state index contributed by atoms with van der Waals surface area (Å²) in [5, 5.41) is 6.56. The molecule has 0 amide bonds. The van der Waals surface area contributed by atoms with Crippen LogP contribution in [0.5, 0.6) is 0 Å². The van der Waals surface area contributed by atoms with E-state index in [1.165, 1.54) is 12.5 Å². The Bertz CT molecular complexity index is 1100. The number of nitrogens with zero attached hydrogens (tertiary/aromatic N) is 4. The molecule has 29 heavy (non-hydrogen) atoms. The van der Waals surface area contributed by atoms with Crippen LogP contribution in [0.15, 0.2) is 58.6 Å². The minimum atomic E-state index is -4.70. The number of aromatic nitrogens is 4.